The number of nitrogens with two attached hydrogens (primary N) is 1. The fourth-order valence-corrected chi connectivity index (χ4v) is 1.83. The molecule has 8 heteroatoms. The molecular weight excluding hydrogens is 300 g/mol. The van der Waals surface area contributed by atoms with Gasteiger partial charge in [-0.25, -0.2) is 4.98 Å². The van der Waals surface area contributed by atoms with Crippen LogP contribution in [0.25, 0.3) is 11.3 Å². The number of nitrogens with one attached hydrogen (secondary N) is 2. The van der Waals surface area contributed by atoms with Crippen molar-refractivity contribution in [3.8, 4) is 11.3 Å². The Balaban J connectivity index is 2.55. The van der Waals surface area contributed by atoms with E-state index in [2.05, 4.69) is 35.9 Å². The molecule has 0 saturated heterocycles. The lowest BCUT2D eigenvalue weighted by Crippen LogP contribution is -2.13. The van der Waals surface area contributed by atoms with E-state index in [1.54, 1.807) is 24.3 Å². The lowest BCUT2D eigenvalue weighted by molar-refractivity contribution is 0.992. The molecule has 0 fully saturated rings. The molecule has 0 spiro atoms. The Hall–Kier alpha value is -2.31. The molecule has 7 nitrogen and oxygen atoms in total. The number of nitrogens with zero attached hydrogens (tertiary/aromatic N) is 3. The van der Waals surface area contributed by atoms with Crippen LogP contribution in [0, 0.1) is 5.53 Å². The minimum atomic E-state index is -0.340. The average molecular weight is 308 g/mol. The van der Waals surface area contributed by atoms with Gasteiger partial charge in [-0.05, 0) is 28.1 Å². The minimum Gasteiger partial charge on any atom is -0.369 e. The molecule has 0 aliphatic carbocycles. The summed E-state index contributed by atoms with van der Waals surface area (Å²) in [4.78, 5) is 20.9. The summed E-state index contributed by atoms with van der Waals surface area (Å²) in [5.74, 6) is 0.0492. The van der Waals surface area contributed by atoms with E-state index in [4.69, 9.17) is 11.3 Å². The third-order valence-electron chi connectivity index (χ3n) is 2.19. The second kappa shape index (κ2) is 4.91. The summed E-state index contributed by atoms with van der Waals surface area (Å²) in [5, 5.41) is 3.57. The van der Waals surface area contributed by atoms with Crippen LogP contribution in [-0.2, 0) is 0 Å². The maximum Gasteiger partial charge on any atom is 0.267 e. The lowest BCUT2D eigenvalue weighted by atomic mass is 10.1. The third kappa shape index (κ3) is 2.34. The summed E-state index contributed by atoms with van der Waals surface area (Å²) in [6.45, 7) is 0. The van der Waals surface area contributed by atoms with E-state index in [1.165, 1.54) is 0 Å². The van der Waals surface area contributed by atoms with E-state index < -0.39 is 0 Å². The first kappa shape index (κ1) is 12.2. The van der Waals surface area contributed by atoms with Crippen molar-refractivity contribution in [1.82, 2.24) is 14.9 Å². The molecule has 2 aromatic rings. The quantitative estimate of drug-likeness (QED) is 0.580. The molecule has 0 unspecified atom stereocenters. The van der Waals surface area contributed by atoms with E-state index in [-0.39, 0.29) is 11.5 Å². The molecule has 1 heterocycles. The smallest absolute Gasteiger partial charge is 0.267 e. The molecule has 90 valence electrons. The van der Waals surface area contributed by atoms with E-state index in [9.17, 15) is 4.79 Å². The zero-order valence-corrected chi connectivity index (χ0v) is 10.6. The highest BCUT2D eigenvalue weighted by Crippen LogP contribution is 2.25. The number of anilines is 1. The van der Waals surface area contributed by atoms with Crippen molar-refractivity contribution in [2.45, 2.75) is 0 Å². The molecule has 0 aliphatic heterocycles. The first-order valence-corrected chi connectivity index (χ1v) is 5.64. The van der Waals surface area contributed by atoms with E-state index in [0.29, 0.717) is 21.4 Å². The monoisotopic (exact) mass is 307 g/mol. The topological polar surface area (TPSA) is 122 Å². The number of aromatic amines is 1. The summed E-state index contributed by atoms with van der Waals surface area (Å²) in [6.07, 6.45) is 0. The molecule has 1 aromatic heterocycles. The zero-order valence-electron chi connectivity index (χ0n) is 9.01. The number of hydrogen-bond acceptors (Lipinski definition) is 5. The number of rotatable bonds is 2. The molecule has 0 aliphatic rings. The van der Waals surface area contributed by atoms with Gasteiger partial charge in [0.1, 0.15) is 10.0 Å². The van der Waals surface area contributed by atoms with Crippen LogP contribution >= 0.6 is 15.9 Å². The highest BCUT2D eigenvalue weighted by molar-refractivity contribution is 9.10. The number of nitrogen functional groups attached to an aromatic ring is 1. The van der Waals surface area contributed by atoms with Crippen molar-refractivity contribution in [3.05, 3.63) is 39.1 Å². The van der Waals surface area contributed by atoms with Crippen LogP contribution in [0.4, 0.5) is 11.6 Å². The first-order valence-electron chi connectivity index (χ1n) is 4.85. The fraction of sp³-hybridized carbons (Fsp3) is 0. The van der Waals surface area contributed by atoms with Gasteiger partial charge in [-0.15, -0.1) is 0 Å². The molecule has 0 atom stereocenters. The van der Waals surface area contributed by atoms with Gasteiger partial charge in [0.2, 0.25) is 10.9 Å². The van der Waals surface area contributed by atoms with Crippen molar-refractivity contribution >= 4 is 27.6 Å². The first-order chi connectivity index (χ1) is 8.61. The van der Waals surface area contributed by atoms with Gasteiger partial charge < -0.3 is 5.73 Å². The molecule has 0 saturated carbocycles. The zero-order chi connectivity index (χ0) is 13.1. The van der Waals surface area contributed by atoms with Gasteiger partial charge >= 0.3 is 0 Å². The molecule has 18 heavy (non-hydrogen) atoms. The fourth-order valence-electron chi connectivity index (χ4n) is 1.41. The van der Waals surface area contributed by atoms with Gasteiger partial charge in [0.05, 0.1) is 5.69 Å². The minimum absolute atomic E-state index is 0.0492. The second-order valence-electron chi connectivity index (χ2n) is 3.36. The van der Waals surface area contributed by atoms with Crippen LogP contribution in [0.2, 0.25) is 0 Å². The van der Waals surface area contributed by atoms with E-state index in [0.717, 1.165) is 0 Å². The summed E-state index contributed by atoms with van der Waals surface area (Å²) >= 11 is 3.17. The Morgan fingerprint density at radius 1 is 1.39 bits per heavy atom. The van der Waals surface area contributed by atoms with Gasteiger partial charge in [0.15, 0.2) is 10.8 Å². The number of benzene rings is 1. The SMILES string of the molecule is N=[N+]=Nc1ccc(-c2nc(N)[nH]c(=O)c2Br)cc1. The van der Waals surface area contributed by atoms with E-state index in [1.807, 2.05) is 0 Å². The van der Waals surface area contributed by atoms with Gasteiger partial charge in [-0.2, -0.15) is 0 Å². The average Bonchev–Trinajstić information content (AvgIpc) is 2.35. The molecule has 2 rings (SSSR count). The van der Waals surface area contributed by atoms with Crippen LogP contribution in [0.5, 0.6) is 0 Å². The van der Waals surface area contributed by atoms with Crippen LogP contribution < -0.4 is 16.2 Å². The standard InChI is InChI=1S/C10H7BrN6O/c11-7-8(14-10(12)15-9(7)18)5-1-3-6(4-2-5)16-17-13/h1-4,13H,(H2-,12,14,15,18)/p+1. The summed E-state index contributed by atoms with van der Waals surface area (Å²) < 4.78 is 0.312. The summed E-state index contributed by atoms with van der Waals surface area (Å²) in [7, 11) is 0. The van der Waals surface area contributed by atoms with Crippen LogP contribution in [0.3, 0.4) is 0 Å². The number of aromatic nitrogens is 2. The summed E-state index contributed by atoms with van der Waals surface area (Å²) in [5.41, 5.74) is 13.5. The molecule has 0 radical (unpaired) electrons. The Morgan fingerprint density at radius 2 is 2.06 bits per heavy atom. The van der Waals surface area contributed by atoms with E-state index >= 15 is 0 Å². The van der Waals surface area contributed by atoms with Crippen LogP contribution in [0.15, 0.2) is 38.6 Å². The van der Waals surface area contributed by atoms with Crippen molar-refractivity contribution in [2.24, 2.45) is 5.11 Å². The number of halogens is 1. The Kier molecular flexibility index (Phi) is 3.31. The summed E-state index contributed by atoms with van der Waals surface area (Å²) in [6, 6.07) is 6.77. The largest absolute Gasteiger partial charge is 0.369 e. The van der Waals surface area contributed by atoms with Crippen molar-refractivity contribution < 1.29 is 0 Å². The highest BCUT2D eigenvalue weighted by atomic mass is 79.9. The van der Waals surface area contributed by atoms with Gasteiger partial charge in [-0.1, -0.05) is 12.1 Å². The normalized spacial score (nSPS) is 9.83. The van der Waals surface area contributed by atoms with Crippen LogP contribution in [-0.4, -0.2) is 9.97 Å². The Morgan fingerprint density at radius 3 is 2.67 bits per heavy atom. The number of hydrogen-bond donors (Lipinski definition) is 3. The molecule has 0 amide bonds. The molecule has 1 aromatic carbocycles. The molecular formula is C10H8BrN6O+. The van der Waals surface area contributed by atoms with Crippen molar-refractivity contribution in [2.75, 3.05) is 5.73 Å². The Bertz CT molecular complexity index is 687. The predicted molar refractivity (Wildman–Crippen MR) is 69.3 cm³/mol. The van der Waals surface area contributed by atoms with Crippen molar-refractivity contribution in [1.29, 1.82) is 5.53 Å². The predicted octanol–water partition coefficient (Wildman–Crippen LogP) is 1.96. The Labute approximate surface area is 109 Å². The van der Waals surface area contributed by atoms with Crippen molar-refractivity contribution in [3.63, 3.8) is 0 Å². The molecule has 4 N–H and O–H groups in total. The lowest BCUT2D eigenvalue weighted by Gasteiger charge is -2.03. The maximum atomic E-state index is 11.5. The second-order valence-corrected chi connectivity index (χ2v) is 4.15. The van der Waals surface area contributed by atoms with Crippen LogP contribution in [0.1, 0.15) is 0 Å². The maximum absolute atomic E-state index is 11.5. The number of H-pyrrole nitrogens is 1. The third-order valence-corrected chi connectivity index (χ3v) is 2.92. The van der Waals surface area contributed by atoms with Gasteiger partial charge in [0.25, 0.3) is 5.56 Å². The van der Waals surface area contributed by atoms with Gasteiger partial charge in [-0.3, -0.25) is 9.78 Å². The highest BCUT2D eigenvalue weighted by Gasteiger charge is 2.10. The molecule has 0 bridgehead atoms. The van der Waals surface area contributed by atoms with Gasteiger partial charge in [0, 0.05) is 5.56 Å².